The number of likely N-dealkylation sites (N-methyl/N-ethyl adjacent to an activating group) is 1. The van der Waals surface area contributed by atoms with E-state index in [1.165, 1.54) is 29.0 Å². The van der Waals surface area contributed by atoms with Crippen LogP contribution in [0.15, 0.2) is 24.3 Å². The Hall–Kier alpha value is -2.00. The van der Waals surface area contributed by atoms with Gasteiger partial charge in [-0.05, 0) is 44.5 Å². The molecule has 1 aromatic rings. The zero-order valence-corrected chi connectivity index (χ0v) is 16.3. The molecule has 2 aliphatic rings. The monoisotopic (exact) mass is 397 g/mol. The van der Waals surface area contributed by atoms with Crippen LogP contribution >= 0.6 is 0 Å². The summed E-state index contributed by atoms with van der Waals surface area (Å²) in [5, 5.41) is 3.07. The SMILES string of the molecule is CN(C(=O)C1(S(C)(=O)=O)CCNCC1)C1CCN(c2ccccc2F)C1=O. The molecular formula is C18H24FN3O4S. The van der Waals surface area contributed by atoms with E-state index >= 15 is 0 Å². The van der Waals surface area contributed by atoms with E-state index in [0.29, 0.717) is 19.5 Å². The van der Waals surface area contributed by atoms with Gasteiger partial charge in [0.1, 0.15) is 11.9 Å². The third-order valence-corrected chi connectivity index (χ3v) is 7.62. The number of amides is 2. The number of nitrogens with one attached hydrogen (secondary N) is 1. The molecule has 0 aliphatic carbocycles. The molecule has 0 saturated carbocycles. The van der Waals surface area contributed by atoms with Crippen molar-refractivity contribution >= 4 is 27.3 Å². The molecule has 2 saturated heterocycles. The molecule has 2 heterocycles. The Bertz CT molecular complexity index is 852. The van der Waals surface area contributed by atoms with Gasteiger partial charge in [0, 0.05) is 19.8 Å². The van der Waals surface area contributed by atoms with Crippen molar-refractivity contribution in [3.63, 3.8) is 0 Å². The van der Waals surface area contributed by atoms with Crippen molar-refractivity contribution in [1.82, 2.24) is 10.2 Å². The minimum absolute atomic E-state index is 0.172. The molecule has 3 rings (SSSR count). The molecule has 1 unspecified atom stereocenters. The summed E-state index contributed by atoms with van der Waals surface area (Å²) in [6.07, 6.45) is 1.75. The zero-order valence-electron chi connectivity index (χ0n) is 15.4. The van der Waals surface area contributed by atoms with Crippen LogP contribution in [0.4, 0.5) is 10.1 Å². The number of nitrogens with zero attached hydrogens (tertiary/aromatic N) is 2. The number of carbonyl (C=O) groups excluding carboxylic acids is 2. The second kappa shape index (κ2) is 7.20. The third kappa shape index (κ3) is 3.34. The van der Waals surface area contributed by atoms with Crippen molar-refractivity contribution in [3.8, 4) is 0 Å². The molecule has 2 amide bonds. The predicted octanol–water partition coefficient (Wildman–Crippen LogP) is 0.556. The molecule has 0 spiro atoms. The van der Waals surface area contributed by atoms with Gasteiger partial charge in [-0.25, -0.2) is 12.8 Å². The number of para-hydroxylation sites is 1. The van der Waals surface area contributed by atoms with Crippen LogP contribution in [-0.2, 0) is 19.4 Å². The first-order chi connectivity index (χ1) is 12.7. The van der Waals surface area contributed by atoms with Crippen molar-refractivity contribution < 1.29 is 22.4 Å². The second-order valence-corrected chi connectivity index (χ2v) is 9.50. The molecule has 2 fully saturated rings. The topological polar surface area (TPSA) is 86.8 Å². The highest BCUT2D eigenvalue weighted by Gasteiger charge is 2.52. The molecule has 27 heavy (non-hydrogen) atoms. The van der Waals surface area contributed by atoms with Crippen LogP contribution in [0.3, 0.4) is 0 Å². The number of carbonyl (C=O) groups is 2. The summed E-state index contributed by atoms with van der Waals surface area (Å²) in [7, 11) is -2.20. The highest BCUT2D eigenvalue weighted by Crippen LogP contribution is 2.33. The number of benzene rings is 1. The van der Waals surface area contributed by atoms with E-state index in [2.05, 4.69) is 5.32 Å². The Balaban J connectivity index is 1.85. The smallest absolute Gasteiger partial charge is 0.249 e. The van der Waals surface area contributed by atoms with Crippen molar-refractivity contribution in [1.29, 1.82) is 0 Å². The number of sulfone groups is 1. The van der Waals surface area contributed by atoms with Gasteiger partial charge in [0.25, 0.3) is 0 Å². The molecule has 148 valence electrons. The standard InChI is InChI=1S/C18H24FN3O4S/c1-21(17(24)18(27(2,25)26)8-10-20-11-9-18)15-7-12-22(16(15)23)14-6-4-3-5-13(14)19/h3-6,15,20H,7-12H2,1-2H3. The van der Waals surface area contributed by atoms with E-state index in [9.17, 15) is 22.4 Å². The van der Waals surface area contributed by atoms with E-state index in [4.69, 9.17) is 0 Å². The van der Waals surface area contributed by atoms with Crippen molar-refractivity contribution in [2.24, 2.45) is 0 Å². The molecule has 2 aliphatic heterocycles. The maximum Gasteiger partial charge on any atom is 0.249 e. The highest BCUT2D eigenvalue weighted by molar-refractivity contribution is 7.92. The van der Waals surface area contributed by atoms with Gasteiger partial charge in [-0.3, -0.25) is 9.59 Å². The lowest BCUT2D eigenvalue weighted by atomic mass is 9.94. The number of hydrogen-bond donors (Lipinski definition) is 1. The van der Waals surface area contributed by atoms with Crippen LogP contribution in [0.1, 0.15) is 19.3 Å². The Morgan fingerprint density at radius 2 is 1.93 bits per heavy atom. The zero-order chi connectivity index (χ0) is 19.8. The summed E-state index contributed by atoms with van der Waals surface area (Å²) in [5.41, 5.74) is 0.172. The minimum atomic E-state index is -3.67. The molecule has 0 aromatic heterocycles. The molecule has 9 heteroatoms. The lowest BCUT2D eigenvalue weighted by Crippen LogP contribution is -2.60. The van der Waals surface area contributed by atoms with Gasteiger partial charge in [0.05, 0.1) is 5.69 Å². The fraction of sp³-hybridized carbons (Fsp3) is 0.556. The van der Waals surface area contributed by atoms with E-state index in [1.54, 1.807) is 12.1 Å². The van der Waals surface area contributed by atoms with Crippen LogP contribution in [0, 0.1) is 5.82 Å². The van der Waals surface area contributed by atoms with Gasteiger partial charge in [-0.2, -0.15) is 0 Å². The number of halogens is 1. The first-order valence-corrected chi connectivity index (χ1v) is 10.8. The Morgan fingerprint density at radius 1 is 1.30 bits per heavy atom. The van der Waals surface area contributed by atoms with Gasteiger partial charge in [0.2, 0.25) is 11.8 Å². The summed E-state index contributed by atoms with van der Waals surface area (Å²) >= 11 is 0. The van der Waals surface area contributed by atoms with Crippen molar-refractivity contribution in [2.75, 3.05) is 37.8 Å². The summed E-state index contributed by atoms with van der Waals surface area (Å²) in [5.74, 6) is -1.46. The first-order valence-electron chi connectivity index (χ1n) is 8.92. The lowest BCUT2D eigenvalue weighted by molar-refractivity contribution is -0.139. The quantitative estimate of drug-likeness (QED) is 0.802. The number of hydrogen-bond acceptors (Lipinski definition) is 5. The van der Waals surface area contributed by atoms with Gasteiger partial charge in [0.15, 0.2) is 14.6 Å². The summed E-state index contributed by atoms with van der Waals surface area (Å²) < 4.78 is 37.5. The number of piperidine rings is 1. The minimum Gasteiger partial charge on any atom is -0.332 e. The average Bonchev–Trinajstić information content (AvgIpc) is 3.02. The van der Waals surface area contributed by atoms with Crippen LogP contribution in [0.5, 0.6) is 0 Å². The van der Waals surface area contributed by atoms with Crippen molar-refractivity contribution in [2.45, 2.75) is 30.1 Å². The highest BCUT2D eigenvalue weighted by atomic mass is 32.2. The average molecular weight is 397 g/mol. The van der Waals surface area contributed by atoms with E-state index < -0.39 is 38.3 Å². The molecule has 1 N–H and O–H groups in total. The van der Waals surface area contributed by atoms with E-state index in [0.717, 1.165) is 6.26 Å². The van der Waals surface area contributed by atoms with Crippen molar-refractivity contribution in [3.05, 3.63) is 30.1 Å². The maximum absolute atomic E-state index is 14.0. The number of anilines is 1. The van der Waals surface area contributed by atoms with Gasteiger partial charge < -0.3 is 15.1 Å². The Kier molecular flexibility index (Phi) is 5.27. The third-order valence-electron chi connectivity index (χ3n) is 5.62. The van der Waals surface area contributed by atoms with Gasteiger partial charge >= 0.3 is 0 Å². The number of rotatable bonds is 4. The predicted molar refractivity (Wildman–Crippen MR) is 99.6 cm³/mol. The molecule has 1 atom stereocenters. The van der Waals surface area contributed by atoms with E-state index in [1.807, 2.05) is 0 Å². The fourth-order valence-electron chi connectivity index (χ4n) is 3.97. The lowest BCUT2D eigenvalue weighted by Gasteiger charge is -2.38. The molecular weight excluding hydrogens is 373 g/mol. The normalized spacial score (nSPS) is 22.7. The fourth-order valence-corrected chi connectivity index (χ4v) is 5.38. The van der Waals surface area contributed by atoms with Crippen LogP contribution in [0.2, 0.25) is 0 Å². The summed E-state index contributed by atoms with van der Waals surface area (Å²) in [4.78, 5) is 28.6. The largest absolute Gasteiger partial charge is 0.332 e. The van der Waals surface area contributed by atoms with Crippen LogP contribution < -0.4 is 10.2 Å². The summed E-state index contributed by atoms with van der Waals surface area (Å²) in [6, 6.07) is 5.17. The Morgan fingerprint density at radius 3 is 2.52 bits per heavy atom. The summed E-state index contributed by atoms with van der Waals surface area (Å²) in [6.45, 7) is 1.12. The van der Waals surface area contributed by atoms with Gasteiger partial charge in [-0.1, -0.05) is 12.1 Å². The van der Waals surface area contributed by atoms with Crippen LogP contribution in [0.25, 0.3) is 0 Å². The van der Waals surface area contributed by atoms with Crippen LogP contribution in [-0.4, -0.2) is 68.9 Å². The molecule has 0 radical (unpaired) electrons. The molecule has 0 bridgehead atoms. The molecule has 7 nitrogen and oxygen atoms in total. The first kappa shape index (κ1) is 19.8. The maximum atomic E-state index is 14.0. The Labute approximate surface area is 158 Å². The second-order valence-electron chi connectivity index (χ2n) is 7.18. The molecule has 1 aromatic carbocycles. The van der Waals surface area contributed by atoms with E-state index in [-0.39, 0.29) is 25.1 Å². The van der Waals surface area contributed by atoms with Gasteiger partial charge in [-0.15, -0.1) is 0 Å².